The van der Waals surface area contributed by atoms with Gasteiger partial charge in [-0.2, -0.15) is 0 Å². The van der Waals surface area contributed by atoms with Crippen LogP contribution in [0.25, 0.3) is 0 Å². The molecule has 5 heteroatoms. The SMILES string of the molecule is O=C(Nc1ccc(Br)cc1)[C@@H]1CCCN1C(=O)C12CC3CC(CC(C3)C1)C2. The highest BCUT2D eigenvalue weighted by Crippen LogP contribution is 2.60. The summed E-state index contributed by atoms with van der Waals surface area (Å²) in [7, 11) is 0. The Hall–Kier alpha value is -1.36. The van der Waals surface area contributed by atoms with Crippen LogP contribution in [0.5, 0.6) is 0 Å². The Morgan fingerprint density at radius 2 is 1.59 bits per heavy atom. The average molecular weight is 431 g/mol. The molecule has 1 heterocycles. The molecule has 4 nitrogen and oxygen atoms in total. The van der Waals surface area contributed by atoms with Crippen LogP contribution < -0.4 is 5.32 Å². The topological polar surface area (TPSA) is 49.4 Å². The first kappa shape index (κ1) is 17.7. The molecule has 5 aliphatic rings. The van der Waals surface area contributed by atoms with Crippen LogP contribution >= 0.6 is 15.9 Å². The van der Waals surface area contributed by atoms with Crippen LogP contribution in [0.3, 0.4) is 0 Å². The monoisotopic (exact) mass is 430 g/mol. The van der Waals surface area contributed by atoms with Crippen LogP contribution in [0.1, 0.15) is 51.4 Å². The fourth-order valence-electron chi connectivity index (χ4n) is 6.72. The molecule has 4 bridgehead atoms. The van der Waals surface area contributed by atoms with Crippen molar-refractivity contribution >= 4 is 33.4 Å². The zero-order valence-corrected chi connectivity index (χ0v) is 17.2. The zero-order chi connectivity index (χ0) is 18.6. The van der Waals surface area contributed by atoms with Gasteiger partial charge in [0, 0.05) is 16.7 Å². The lowest BCUT2D eigenvalue weighted by Crippen LogP contribution is -2.56. The van der Waals surface area contributed by atoms with Crippen molar-refractivity contribution in [2.45, 2.75) is 57.4 Å². The van der Waals surface area contributed by atoms with Crippen molar-refractivity contribution in [3.05, 3.63) is 28.7 Å². The molecule has 5 fully saturated rings. The Morgan fingerprint density at radius 3 is 2.19 bits per heavy atom. The Labute approximate surface area is 169 Å². The maximum atomic E-state index is 13.7. The highest BCUT2D eigenvalue weighted by Gasteiger charge is 2.56. The Balaban J connectivity index is 1.32. The Bertz CT molecular complexity index is 725. The van der Waals surface area contributed by atoms with Gasteiger partial charge in [-0.15, -0.1) is 0 Å². The molecule has 4 saturated carbocycles. The van der Waals surface area contributed by atoms with Crippen molar-refractivity contribution in [3.63, 3.8) is 0 Å². The van der Waals surface area contributed by atoms with Gasteiger partial charge in [-0.25, -0.2) is 0 Å². The second kappa shape index (κ2) is 6.61. The molecule has 2 amide bonds. The van der Waals surface area contributed by atoms with Crippen molar-refractivity contribution in [1.29, 1.82) is 0 Å². The number of carbonyl (C=O) groups excluding carboxylic acids is 2. The zero-order valence-electron chi connectivity index (χ0n) is 15.6. The summed E-state index contributed by atoms with van der Waals surface area (Å²) in [5, 5.41) is 3.02. The summed E-state index contributed by atoms with van der Waals surface area (Å²) in [4.78, 5) is 28.5. The van der Waals surface area contributed by atoms with Crippen LogP contribution in [0.2, 0.25) is 0 Å². The molecule has 0 aromatic heterocycles. The van der Waals surface area contributed by atoms with E-state index in [-0.39, 0.29) is 23.3 Å². The Morgan fingerprint density at radius 1 is 1.00 bits per heavy atom. The van der Waals surface area contributed by atoms with Crippen LogP contribution in [0, 0.1) is 23.2 Å². The van der Waals surface area contributed by atoms with Gasteiger partial charge in [-0.1, -0.05) is 15.9 Å². The smallest absolute Gasteiger partial charge is 0.247 e. The van der Waals surface area contributed by atoms with Crippen LogP contribution in [0.4, 0.5) is 5.69 Å². The predicted octanol–water partition coefficient (Wildman–Crippen LogP) is 4.60. The van der Waals surface area contributed by atoms with Crippen molar-refractivity contribution in [2.24, 2.45) is 23.2 Å². The standard InChI is InChI=1S/C22H27BrN2O2/c23-17-3-5-18(6-4-17)24-20(26)19-2-1-7-25(19)21(27)22-11-14-8-15(12-22)10-16(9-14)13-22/h3-6,14-16,19H,1-2,7-13H2,(H,24,26)/t14?,15?,16?,19-,22?/m0/s1. The van der Waals surface area contributed by atoms with E-state index in [9.17, 15) is 9.59 Å². The fraction of sp³-hybridized carbons (Fsp3) is 0.636. The van der Waals surface area contributed by atoms with Crippen molar-refractivity contribution in [3.8, 4) is 0 Å². The molecule has 6 rings (SSSR count). The molecule has 144 valence electrons. The number of rotatable bonds is 3. The molecule has 0 radical (unpaired) electrons. The van der Waals surface area contributed by atoms with E-state index >= 15 is 0 Å². The summed E-state index contributed by atoms with van der Waals surface area (Å²) in [6.45, 7) is 0.735. The maximum absolute atomic E-state index is 13.7. The average Bonchev–Trinajstić information content (AvgIpc) is 3.11. The van der Waals surface area contributed by atoms with E-state index in [0.29, 0.717) is 0 Å². The normalized spacial score (nSPS) is 36.9. The summed E-state index contributed by atoms with van der Waals surface area (Å²) in [5.74, 6) is 2.50. The van der Waals surface area contributed by atoms with Gasteiger partial charge in [0.15, 0.2) is 0 Å². The summed E-state index contributed by atoms with van der Waals surface area (Å²) < 4.78 is 0.986. The van der Waals surface area contributed by atoms with Gasteiger partial charge in [0.05, 0.1) is 5.41 Å². The van der Waals surface area contributed by atoms with Crippen LogP contribution in [-0.4, -0.2) is 29.3 Å². The molecule has 1 N–H and O–H groups in total. The molecule has 27 heavy (non-hydrogen) atoms. The second-order valence-electron chi connectivity index (χ2n) is 9.35. The van der Waals surface area contributed by atoms with Gasteiger partial charge in [-0.3, -0.25) is 9.59 Å². The molecule has 1 aliphatic heterocycles. The number of nitrogens with one attached hydrogen (secondary N) is 1. The minimum absolute atomic E-state index is 0.0344. The van der Waals surface area contributed by atoms with E-state index in [1.165, 1.54) is 19.3 Å². The lowest BCUT2D eigenvalue weighted by Gasteiger charge is -2.56. The number of anilines is 1. The fourth-order valence-corrected chi connectivity index (χ4v) is 6.98. The highest BCUT2D eigenvalue weighted by atomic mass is 79.9. The van der Waals surface area contributed by atoms with Gasteiger partial charge in [0.25, 0.3) is 0 Å². The van der Waals surface area contributed by atoms with E-state index in [1.807, 2.05) is 29.2 Å². The van der Waals surface area contributed by atoms with Gasteiger partial charge >= 0.3 is 0 Å². The number of amides is 2. The first-order chi connectivity index (χ1) is 13.0. The molecular formula is C22H27BrN2O2. The third kappa shape index (κ3) is 3.12. The molecule has 1 saturated heterocycles. The van der Waals surface area contributed by atoms with E-state index in [2.05, 4.69) is 21.2 Å². The van der Waals surface area contributed by atoms with Gasteiger partial charge in [0.2, 0.25) is 11.8 Å². The number of nitrogens with zero attached hydrogens (tertiary/aromatic N) is 1. The van der Waals surface area contributed by atoms with Gasteiger partial charge in [-0.05, 0) is 93.4 Å². The molecule has 4 aliphatic carbocycles. The van der Waals surface area contributed by atoms with E-state index in [4.69, 9.17) is 0 Å². The predicted molar refractivity (Wildman–Crippen MR) is 108 cm³/mol. The number of likely N-dealkylation sites (tertiary alicyclic amines) is 1. The molecule has 1 aromatic rings. The number of hydrogen-bond donors (Lipinski definition) is 1. The largest absolute Gasteiger partial charge is 0.330 e. The van der Waals surface area contributed by atoms with E-state index in [1.54, 1.807) is 0 Å². The highest BCUT2D eigenvalue weighted by molar-refractivity contribution is 9.10. The minimum atomic E-state index is -0.311. The van der Waals surface area contributed by atoms with Gasteiger partial charge < -0.3 is 10.2 Å². The van der Waals surface area contributed by atoms with E-state index in [0.717, 1.165) is 66.6 Å². The quantitative estimate of drug-likeness (QED) is 0.761. The number of carbonyl (C=O) groups is 2. The lowest BCUT2D eigenvalue weighted by molar-refractivity contribution is -0.160. The van der Waals surface area contributed by atoms with Crippen LogP contribution in [-0.2, 0) is 9.59 Å². The summed E-state index contributed by atoms with van der Waals surface area (Å²) in [6, 6.07) is 7.31. The maximum Gasteiger partial charge on any atom is 0.247 e. The first-order valence-electron chi connectivity index (χ1n) is 10.4. The summed E-state index contributed by atoms with van der Waals surface area (Å²) in [5.41, 5.74) is 0.632. The van der Waals surface area contributed by atoms with E-state index < -0.39 is 0 Å². The number of benzene rings is 1. The van der Waals surface area contributed by atoms with Gasteiger partial charge in [0.1, 0.15) is 6.04 Å². The summed E-state index contributed by atoms with van der Waals surface area (Å²) in [6.07, 6.45) is 8.90. The lowest BCUT2D eigenvalue weighted by atomic mass is 9.49. The minimum Gasteiger partial charge on any atom is -0.330 e. The second-order valence-corrected chi connectivity index (χ2v) is 10.3. The number of halogens is 1. The molecular weight excluding hydrogens is 404 g/mol. The van der Waals surface area contributed by atoms with Crippen LogP contribution in [0.15, 0.2) is 28.7 Å². The first-order valence-corrected chi connectivity index (χ1v) is 11.2. The third-order valence-corrected chi connectivity index (χ3v) is 7.95. The molecule has 0 spiro atoms. The summed E-state index contributed by atoms with van der Waals surface area (Å²) >= 11 is 3.42. The molecule has 0 unspecified atom stereocenters. The third-order valence-electron chi connectivity index (χ3n) is 7.42. The number of hydrogen-bond acceptors (Lipinski definition) is 2. The Kier molecular flexibility index (Phi) is 4.34. The van der Waals surface area contributed by atoms with Crippen molar-refractivity contribution in [2.75, 3.05) is 11.9 Å². The molecule has 1 aromatic carbocycles. The molecule has 1 atom stereocenters. The van der Waals surface area contributed by atoms with Crippen molar-refractivity contribution < 1.29 is 9.59 Å². The van der Waals surface area contributed by atoms with Crippen molar-refractivity contribution in [1.82, 2.24) is 4.90 Å².